The summed E-state index contributed by atoms with van der Waals surface area (Å²) in [6.45, 7) is 5.73. The fourth-order valence-electron chi connectivity index (χ4n) is 3.47. The molecule has 2 N–H and O–H groups in total. The van der Waals surface area contributed by atoms with Crippen LogP contribution in [-0.4, -0.2) is 34.6 Å². The molecule has 0 bridgehead atoms. The van der Waals surface area contributed by atoms with Crippen LogP contribution in [0.3, 0.4) is 0 Å². The van der Waals surface area contributed by atoms with Gasteiger partial charge >= 0.3 is 0 Å². The van der Waals surface area contributed by atoms with Crippen molar-refractivity contribution in [3.63, 3.8) is 0 Å². The minimum atomic E-state index is -3.63. The molecular formula is C21H23N3O2S. The Balaban J connectivity index is 1.73. The summed E-state index contributed by atoms with van der Waals surface area (Å²) in [5, 5.41) is 5.33. The molecule has 0 aromatic heterocycles. The quantitative estimate of drug-likeness (QED) is 0.728. The Morgan fingerprint density at radius 3 is 2.26 bits per heavy atom. The van der Waals surface area contributed by atoms with E-state index in [1.54, 1.807) is 24.3 Å². The highest BCUT2D eigenvalue weighted by Gasteiger charge is 2.18. The SMILES string of the molecule is Cc1ccc(S(=O)(=O)Nc2ccc(N3CCNCC3)c3ccccc23)cc1. The van der Waals surface area contributed by atoms with Crippen LogP contribution in [0.25, 0.3) is 10.8 Å². The van der Waals surface area contributed by atoms with Gasteiger partial charge in [0.2, 0.25) is 0 Å². The van der Waals surface area contributed by atoms with Crippen LogP contribution in [0.15, 0.2) is 65.6 Å². The molecule has 4 rings (SSSR count). The molecule has 5 nitrogen and oxygen atoms in total. The third-order valence-electron chi connectivity index (χ3n) is 4.93. The van der Waals surface area contributed by atoms with Crippen molar-refractivity contribution in [1.29, 1.82) is 0 Å². The van der Waals surface area contributed by atoms with E-state index in [1.165, 1.54) is 0 Å². The van der Waals surface area contributed by atoms with Crippen LogP contribution in [0.2, 0.25) is 0 Å². The molecule has 0 saturated carbocycles. The van der Waals surface area contributed by atoms with Crippen molar-refractivity contribution in [3.8, 4) is 0 Å². The average Bonchev–Trinajstić information content (AvgIpc) is 2.69. The Bertz CT molecular complexity index is 1060. The Labute approximate surface area is 160 Å². The number of rotatable bonds is 4. The molecule has 0 radical (unpaired) electrons. The van der Waals surface area contributed by atoms with Gasteiger partial charge in [0, 0.05) is 42.6 Å². The van der Waals surface area contributed by atoms with Gasteiger partial charge in [-0.25, -0.2) is 8.42 Å². The van der Waals surface area contributed by atoms with E-state index in [9.17, 15) is 8.42 Å². The van der Waals surface area contributed by atoms with Gasteiger partial charge in [0.1, 0.15) is 0 Å². The summed E-state index contributed by atoms with van der Waals surface area (Å²) in [5.74, 6) is 0. The monoisotopic (exact) mass is 381 g/mol. The van der Waals surface area contributed by atoms with E-state index in [4.69, 9.17) is 0 Å². The summed E-state index contributed by atoms with van der Waals surface area (Å²) in [6.07, 6.45) is 0. The molecule has 6 heteroatoms. The second-order valence-electron chi connectivity index (χ2n) is 6.83. The average molecular weight is 382 g/mol. The van der Waals surface area contributed by atoms with Crippen LogP contribution in [0.1, 0.15) is 5.56 Å². The number of fused-ring (bicyclic) bond motifs is 1. The van der Waals surface area contributed by atoms with Gasteiger partial charge in [0.15, 0.2) is 0 Å². The van der Waals surface area contributed by atoms with Gasteiger partial charge in [-0.15, -0.1) is 0 Å². The number of hydrogen-bond acceptors (Lipinski definition) is 4. The molecule has 1 fully saturated rings. The fourth-order valence-corrected chi connectivity index (χ4v) is 4.55. The van der Waals surface area contributed by atoms with Gasteiger partial charge in [-0.2, -0.15) is 0 Å². The second-order valence-corrected chi connectivity index (χ2v) is 8.52. The Morgan fingerprint density at radius 1 is 0.889 bits per heavy atom. The van der Waals surface area contributed by atoms with E-state index in [1.807, 2.05) is 37.3 Å². The molecule has 0 unspecified atom stereocenters. The van der Waals surface area contributed by atoms with Crippen LogP contribution in [0.5, 0.6) is 0 Å². The normalized spacial score (nSPS) is 15.1. The lowest BCUT2D eigenvalue weighted by Gasteiger charge is -2.30. The summed E-state index contributed by atoms with van der Waals surface area (Å²) in [7, 11) is -3.63. The molecule has 27 heavy (non-hydrogen) atoms. The Kier molecular flexibility index (Phi) is 4.76. The summed E-state index contributed by atoms with van der Waals surface area (Å²) in [6, 6.07) is 18.7. The van der Waals surface area contributed by atoms with Crippen molar-refractivity contribution in [2.75, 3.05) is 35.8 Å². The summed E-state index contributed by atoms with van der Waals surface area (Å²) in [5.41, 5.74) is 2.77. The zero-order valence-electron chi connectivity index (χ0n) is 15.3. The molecule has 1 saturated heterocycles. The van der Waals surface area contributed by atoms with Crippen molar-refractivity contribution in [1.82, 2.24) is 5.32 Å². The first-order valence-corrected chi connectivity index (χ1v) is 10.6. The first-order chi connectivity index (χ1) is 13.0. The van der Waals surface area contributed by atoms with Crippen molar-refractivity contribution >= 4 is 32.2 Å². The molecule has 1 aliphatic heterocycles. The van der Waals surface area contributed by atoms with Crippen LogP contribution < -0.4 is 14.9 Å². The van der Waals surface area contributed by atoms with E-state index in [-0.39, 0.29) is 4.90 Å². The molecule has 0 spiro atoms. The van der Waals surface area contributed by atoms with Gasteiger partial charge in [0.05, 0.1) is 10.6 Å². The van der Waals surface area contributed by atoms with Crippen LogP contribution in [0, 0.1) is 6.92 Å². The first-order valence-electron chi connectivity index (χ1n) is 9.11. The van der Waals surface area contributed by atoms with Crippen LogP contribution in [-0.2, 0) is 10.0 Å². The molecule has 1 heterocycles. The Hall–Kier alpha value is -2.57. The van der Waals surface area contributed by atoms with Crippen molar-refractivity contribution in [3.05, 3.63) is 66.2 Å². The van der Waals surface area contributed by atoms with E-state index in [0.717, 1.165) is 48.2 Å². The maximum absolute atomic E-state index is 12.8. The van der Waals surface area contributed by atoms with Crippen molar-refractivity contribution in [2.45, 2.75) is 11.8 Å². The molecule has 3 aromatic rings. The summed E-state index contributed by atoms with van der Waals surface area (Å²) < 4.78 is 28.4. The van der Waals surface area contributed by atoms with E-state index in [0.29, 0.717) is 5.69 Å². The van der Waals surface area contributed by atoms with Gasteiger partial charge in [-0.05, 0) is 31.2 Å². The molecule has 0 atom stereocenters. The minimum Gasteiger partial charge on any atom is -0.368 e. The predicted molar refractivity (Wildman–Crippen MR) is 111 cm³/mol. The summed E-state index contributed by atoms with van der Waals surface area (Å²) >= 11 is 0. The highest BCUT2D eigenvalue weighted by Crippen LogP contribution is 2.33. The lowest BCUT2D eigenvalue weighted by molar-refractivity contribution is 0.590. The molecule has 0 aliphatic carbocycles. The fraction of sp³-hybridized carbons (Fsp3) is 0.238. The van der Waals surface area contributed by atoms with E-state index < -0.39 is 10.0 Å². The van der Waals surface area contributed by atoms with Crippen molar-refractivity contribution < 1.29 is 8.42 Å². The zero-order valence-corrected chi connectivity index (χ0v) is 16.1. The first kappa shape index (κ1) is 17.8. The zero-order chi connectivity index (χ0) is 18.9. The highest BCUT2D eigenvalue weighted by molar-refractivity contribution is 7.92. The van der Waals surface area contributed by atoms with Gasteiger partial charge in [-0.1, -0.05) is 42.0 Å². The van der Waals surface area contributed by atoms with Gasteiger partial charge < -0.3 is 10.2 Å². The number of hydrogen-bond donors (Lipinski definition) is 2. The molecular weight excluding hydrogens is 358 g/mol. The molecule has 3 aromatic carbocycles. The maximum atomic E-state index is 12.8. The topological polar surface area (TPSA) is 61.4 Å². The minimum absolute atomic E-state index is 0.267. The standard InChI is InChI=1S/C21H23N3O2S/c1-16-6-8-17(9-7-16)27(25,26)23-20-10-11-21(24-14-12-22-13-15-24)19-5-3-2-4-18(19)20/h2-11,22-23H,12-15H2,1H3. The second kappa shape index (κ2) is 7.21. The molecule has 0 amide bonds. The largest absolute Gasteiger partial charge is 0.368 e. The smallest absolute Gasteiger partial charge is 0.261 e. The number of benzene rings is 3. The number of anilines is 2. The Morgan fingerprint density at radius 2 is 1.56 bits per heavy atom. The number of piperazine rings is 1. The lowest BCUT2D eigenvalue weighted by atomic mass is 10.1. The number of nitrogens with one attached hydrogen (secondary N) is 2. The van der Waals surface area contributed by atoms with Gasteiger partial charge in [-0.3, -0.25) is 4.72 Å². The highest BCUT2D eigenvalue weighted by atomic mass is 32.2. The molecule has 1 aliphatic rings. The summed E-state index contributed by atoms with van der Waals surface area (Å²) in [4.78, 5) is 2.61. The van der Waals surface area contributed by atoms with E-state index in [2.05, 4.69) is 21.0 Å². The maximum Gasteiger partial charge on any atom is 0.261 e. The van der Waals surface area contributed by atoms with Crippen LogP contribution in [0.4, 0.5) is 11.4 Å². The van der Waals surface area contributed by atoms with Gasteiger partial charge in [0.25, 0.3) is 10.0 Å². The lowest BCUT2D eigenvalue weighted by Crippen LogP contribution is -2.43. The number of nitrogens with zero attached hydrogens (tertiary/aromatic N) is 1. The van der Waals surface area contributed by atoms with Crippen molar-refractivity contribution in [2.24, 2.45) is 0 Å². The van der Waals surface area contributed by atoms with Crippen LogP contribution >= 0.6 is 0 Å². The molecule has 140 valence electrons. The predicted octanol–water partition coefficient (Wildman–Crippen LogP) is 3.36. The number of sulfonamides is 1. The third kappa shape index (κ3) is 3.63. The number of aryl methyl sites for hydroxylation is 1. The third-order valence-corrected chi connectivity index (χ3v) is 6.32. The van der Waals surface area contributed by atoms with E-state index >= 15 is 0 Å².